The number of rotatable bonds is 14. The second-order valence-corrected chi connectivity index (χ2v) is 16.4. The van der Waals surface area contributed by atoms with Crippen LogP contribution < -0.4 is 15.0 Å². The van der Waals surface area contributed by atoms with Gasteiger partial charge in [0.2, 0.25) is 0 Å². The number of alkyl carbamates (subject to hydrolysis) is 1. The Morgan fingerprint density at radius 2 is 1.65 bits per heavy atom. The van der Waals surface area contributed by atoms with E-state index in [0.717, 1.165) is 42.2 Å². The van der Waals surface area contributed by atoms with E-state index in [2.05, 4.69) is 22.4 Å². The number of amides is 1. The lowest BCUT2D eigenvalue weighted by Gasteiger charge is -2.23. The van der Waals surface area contributed by atoms with Gasteiger partial charge in [0, 0.05) is 40.4 Å². The molecule has 2 aromatic heterocycles. The molecule has 0 unspecified atom stereocenters. The van der Waals surface area contributed by atoms with Crippen molar-refractivity contribution in [3.63, 3.8) is 0 Å². The molecule has 0 bridgehead atoms. The zero-order valence-electron chi connectivity index (χ0n) is 31.0. The van der Waals surface area contributed by atoms with E-state index in [-0.39, 0.29) is 19.1 Å². The van der Waals surface area contributed by atoms with Crippen molar-refractivity contribution >= 4 is 52.6 Å². The smallest absolute Gasteiger partial charge is 0.408 e. The average molecular weight is 787 g/mol. The van der Waals surface area contributed by atoms with E-state index >= 15 is 0 Å². The number of carbonyl (C=O) groups excluding carboxylic acids is 2. The fourth-order valence-corrected chi connectivity index (χ4v) is 7.74. The largest absolute Gasteiger partial charge is 0.490 e. The third-order valence-electron chi connectivity index (χ3n) is 8.20. The molecule has 0 saturated carbocycles. The Bertz CT molecular complexity index is 2010. The van der Waals surface area contributed by atoms with Crippen molar-refractivity contribution in [3.05, 3.63) is 75.8 Å². The summed E-state index contributed by atoms with van der Waals surface area (Å²) in [5.74, 6) is 1.14. The standard InChI is InChI=1S/C40H43ClN6O5S2/c1-25(2)20-33(45-39(49)52-40(3,4)5)38(48)51-19-18-50-30-14-10-26(11-15-30)34-31(21-42)35(47-16-6-7-17-47)46-37(32(34)22-43)54-24-29-23-53-36(44-29)27-8-12-28(41)13-9-27/h8-15,23,25,33H,6-7,16-20,24H2,1-5H3,(H,45,49)/t33-/m1/s1. The maximum Gasteiger partial charge on any atom is 0.408 e. The number of nitrogens with one attached hydrogen (secondary N) is 1. The highest BCUT2D eigenvalue weighted by molar-refractivity contribution is 7.98. The molecular weight excluding hydrogens is 744 g/mol. The van der Waals surface area contributed by atoms with Gasteiger partial charge in [-0.3, -0.25) is 0 Å². The number of ether oxygens (including phenoxy) is 3. The molecule has 0 radical (unpaired) electrons. The van der Waals surface area contributed by atoms with Crippen LogP contribution in [0.4, 0.5) is 10.6 Å². The number of thiazole rings is 1. The Morgan fingerprint density at radius 1 is 0.981 bits per heavy atom. The molecule has 2 aromatic carbocycles. The number of aromatic nitrogens is 2. The molecule has 11 nitrogen and oxygen atoms in total. The van der Waals surface area contributed by atoms with Gasteiger partial charge in [-0.15, -0.1) is 11.3 Å². The summed E-state index contributed by atoms with van der Waals surface area (Å²) < 4.78 is 16.6. The molecule has 1 saturated heterocycles. The summed E-state index contributed by atoms with van der Waals surface area (Å²) >= 11 is 9.03. The highest BCUT2D eigenvalue weighted by Gasteiger charge is 2.28. The first-order valence-electron chi connectivity index (χ1n) is 17.7. The lowest BCUT2D eigenvalue weighted by Crippen LogP contribution is -2.45. The molecule has 282 valence electrons. The van der Waals surface area contributed by atoms with Gasteiger partial charge < -0.3 is 24.4 Å². The fraction of sp³-hybridized carbons (Fsp3) is 0.400. The number of halogens is 1. The van der Waals surface area contributed by atoms with Crippen LogP contribution >= 0.6 is 34.7 Å². The van der Waals surface area contributed by atoms with Gasteiger partial charge in [-0.2, -0.15) is 10.5 Å². The Balaban J connectivity index is 1.30. The van der Waals surface area contributed by atoms with E-state index in [0.29, 0.717) is 56.0 Å². The first kappa shape index (κ1) is 40.4. The predicted molar refractivity (Wildman–Crippen MR) is 212 cm³/mol. The molecule has 54 heavy (non-hydrogen) atoms. The van der Waals surface area contributed by atoms with Crippen molar-refractivity contribution in [1.82, 2.24) is 15.3 Å². The molecule has 1 aliphatic heterocycles. The number of nitriles is 2. The van der Waals surface area contributed by atoms with Crippen molar-refractivity contribution in [1.29, 1.82) is 10.5 Å². The molecule has 1 aliphatic rings. The first-order chi connectivity index (χ1) is 25.8. The molecule has 0 aliphatic carbocycles. The highest BCUT2D eigenvalue weighted by Crippen LogP contribution is 2.40. The van der Waals surface area contributed by atoms with Crippen LogP contribution in [0.3, 0.4) is 0 Å². The van der Waals surface area contributed by atoms with Gasteiger partial charge in [0.05, 0.1) is 11.3 Å². The van der Waals surface area contributed by atoms with Crippen LogP contribution in [0, 0.1) is 28.6 Å². The summed E-state index contributed by atoms with van der Waals surface area (Å²) in [5, 5.41) is 27.6. The molecule has 1 amide bonds. The average Bonchev–Trinajstić information content (AvgIpc) is 3.84. The summed E-state index contributed by atoms with van der Waals surface area (Å²) in [6.07, 6.45) is 1.70. The Hall–Kier alpha value is -4.82. The van der Waals surface area contributed by atoms with Gasteiger partial charge in [0.1, 0.15) is 64.2 Å². The zero-order chi connectivity index (χ0) is 38.8. The minimum Gasteiger partial charge on any atom is -0.490 e. The SMILES string of the molecule is CC(C)C[C@@H](NC(=O)OC(C)(C)C)C(=O)OCCOc1ccc(-c2c(C#N)c(SCc3csc(-c4ccc(Cl)cc4)n3)nc(N3CCCC3)c2C#N)cc1. The topological polar surface area (TPSA) is 150 Å². The van der Waals surface area contributed by atoms with Crippen LogP contribution in [-0.2, 0) is 20.0 Å². The lowest BCUT2D eigenvalue weighted by atomic mass is 9.96. The van der Waals surface area contributed by atoms with Gasteiger partial charge in [0.15, 0.2) is 0 Å². The van der Waals surface area contributed by atoms with E-state index in [9.17, 15) is 20.1 Å². The highest BCUT2D eigenvalue weighted by atomic mass is 35.5. The van der Waals surface area contributed by atoms with Crippen LogP contribution in [-0.4, -0.2) is 60.0 Å². The molecule has 5 rings (SSSR count). The number of anilines is 1. The fourth-order valence-electron chi connectivity index (χ4n) is 5.81. The normalized spacial score (nSPS) is 13.2. The van der Waals surface area contributed by atoms with Crippen LogP contribution in [0.2, 0.25) is 5.02 Å². The monoisotopic (exact) mass is 786 g/mol. The lowest BCUT2D eigenvalue weighted by molar-refractivity contribution is -0.147. The van der Waals surface area contributed by atoms with E-state index < -0.39 is 23.7 Å². The molecule has 4 aromatic rings. The van der Waals surface area contributed by atoms with Crippen LogP contribution in [0.15, 0.2) is 58.9 Å². The van der Waals surface area contributed by atoms with Gasteiger partial charge in [-0.25, -0.2) is 19.6 Å². The van der Waals surface area contributed by atoms with E-state index in [1.54, 1.807) is 32.9 Å². The van der Waals surface area contributed by atoms with E-state index in [1.165, 1.54) is 23.1 Å². The first-order valence-corrected chi connectivity index (χ1v) is 19.9. The van der Waals surface area contributed by atoms with E-state index in [4.69, 9.17) is 35.8 Å². The van der Waals surface area contributed by atoms with Crippen LogP contribution in [0.5, 0.6) is 5.75 Å². The molecule has 3 heterocycles. The zero-order valence-corrected chi connectivity index (χ0v) is 33.4. The van der Waals surface area contributed by atoms with Crippen molar-refractivity contribution < 1.29 is 23.8 Å². The summed E-state index contributed by atoms with van der Waals surface area (Å²) in [6.45, 7) is 10.7. The predicted octanol–water partition coefficient (Wildman–Crippen LogP) is 9.02. The quantitative estimate of drug-likeness (QED) is 0.0741. The molecular formula is C40H43ClN6O5S2. The number of nitrogens with zero attached hydrogens (tertiary/aromatic N) is 5. The van der Waals surface area contributed by atoms with Crippen molar-refractivity contribution in [2.45, 2.75) is 76.3 Å². The van der Waals surface area contributed by atoms with Crippen molar-refractivity contribution in [3.8, 4) is 39.6 Å². The Labute approximate surface area is 329 Å². The number of thioether (sulfide) groups is 1. The Morgan fingerprint density at radius 3 is 2.28 bits per heavy atom. The summed E-state index contributed by atoms with van der Waals surface area (Å²) in [4.78, 5) is 37.0. The summed E-state index contributed by atoms with van der Waals surface area (Å²) in [7, 11) is 0. The third kappa shape index (κ3) is 10.9. The molecule has 1 N–H and O–H groups in total. The molecule has 1 atom stereocenters. The van der Waals surface area contributed by atoms with Gasteiger partial charge in [0.25, 0.3) is 0 Å². The van der Waals surface area contributed by atoms with E-state index in [1.807, 2.05) is 55.6 Å². The minimum absolute atomic E-state index is 0.0351. The number of carbonyl (C=O) groups is 2. The maximum absolute atomic E-state index is 12.8. The van der Waals surface area contributed by atoms with Gasteiger partial charge in [-0.05, 0) is 75.8 Å². The summed E-state index contributed by atoms with van der Waals surface area (Å²) in [6, 6.07) is 18.5. The minimum atomic E-state index is -0.856. The third-order valence-corrected chi connectivity index (χ3v) is 10.4. The second kappa shape index (κ2) is 18.5. The van der Waals surface area contributed by atoms with Crippen LogP contribution in [0.1, 0.15) is 70.7 Å². The maximum atomic E-state index is 12.8. The van der Waals surface area contributed by atoms with Crippen molar-refractivity contribution in [2.24, 2.45) is 5.92 Å². The van der Waals surface area contributed by atoms with Gasteiger partial charge >= 0.3 is 12.1 Å². The number of hydrogen-bond acceptors (Lipinski definition) is 12. The second-order valence-electron chi connectivity index (χ2n) is 14.1. The summed E-state index contributed by atoms with van der Waals surface area (Å²) in [5.41, 5.74) is 3.01. The molecule has 14 heteroatoms. The molecule has 1 fully saturated rings. The van der Waals surface area contributed by atoms with Gasteiger partial charge in [-0.1, -0.05) is 61.5 Å². The Kier molecular flexibility index (Phi) is 13.8. The number of esters is 1. The van der Waals surface area contributed by atoms with Crippen LogP contribution in [0.25, 0.3) is 21.7 Å². The number of pyridine rings is 1. The number of benzene rings is 2. The van der Waals surface area contributed by atoms with Crippen molar-refractivity contribution in [2.75, 3.05) is 31.2 Å². The molecule has 0 spiro atoms. The number of hydrogen-bond donors (Lipinski definition) is 1.